The van der Waals surface area contributed by atoms with Gasteiger partial charge in [0.05, 0.1) is 12.5 Å². The molecule has 3 N–H and O–H groups in total. The molecular formula is C16H13N3O2. The third-order valence-electron chi connectivity index (χ3n) is 2.93. The number of amides is 2. The predicted molar refractivity (Wildman–Crippen MR) is 78.7 cm³/mol. The summed E-state index contributed by atoms with van der Waals surface area (Å²) in [6.07, 6.45) is 0.336. The molecule has 0 bridgehead atoms. The molecule has 0 saturated heterocycles. The van der Waals surface area contributed by atoms with E-state index in [1.807, 2.05) is 0 Å². The number of anilines is 1. The normalized spacial score (nSPS) is 9.67. The Bertz CT molecular complexity index is 698. The van der Waals surface area contributed by atoms with E-state index < -0.39 is 5.91 Å². The van der Waals surface area contributed by atoms with Crippen molar-refractivity contribution in [1.29, 1.82) is 5.26 Å². The van der Waals surface area contributed by atoms with Crippen molar-refractivity contribution in [3.63, 3.8) is 0 Å². The van der Waals surface area contributed by atoms with E-state index in [-0.39, 0.29) is 5.91 Å². The van der Waals surface area contributed by atoms with Gasteiger partial charge >= 0.3 is 0 Å². The minimum absolute atomic E-state index is 0.279. The van der Waals surface area contributed by atoms with Crippen LogP contribution in [0.2, 0.25) is 0 Å². The predicted octanol–water partition coefficient (Wildman–Crippen LogP) is 2.10. The summed E-state index contributed by atoms with van der Waals surface area (Å²) in [5.41, 5.74) is 7.46. The molecule has 0 aliphatic carbocycles. The number of carbonyl (C=O) groups excluding carboxylic acids is 2. The zero-order valence-corrected chi connectivity index (χ0v) is 11.2. The average molecular weight is 279 g/mol. The zero-order valence-electron chi connectivity index (χ0n) is 11.2. The molecule has 2 rings (SSSR count). The lowest BCUT2D eigenvalue weighted by molar-refractivity contribution is 0.0995. The van der Waals surface area contributed by atoms with Crippen LogP contribution < -0.4 is 11.1 Å². The highest BCUT2D eigenvalue weighted by Crippen LogP contribution is 2.12. The molecule has 104 valence electrons. The van der Waals surface area contributed by atoms with Gasteiger partial charge in [0.25, 0.3) is 5.91 Å². The largest absolute Gasteiger partial charge is 0.366 e. The second-order valence-corrected chi connectivity index (χ2v) is 4.43. The molecule has 0 saturated carbocycles. The summed E-state index contributed by atoms with van der Waals surface area (Å²) < 4.78 is 0. The molecule has 0 unspecified atom stereocenters. The Morgan fingerprint density at radius 1 is 1.00 bits per heavy atom. The van der Waals surface area contributed by atoms with E-state index in [1.54, 1.807) is 36.4 Å². The molecule has 0 aliphatic rings. The summed E-state index contributed by atoms with van der Waals surface area (Å²) in [6.45, 7) is 0. The van der Waals surface area contributed by atoms with Crippen molar-refractivity contribution in [3.8, 4) is 6.07 Å². The highest BCUT2D eigenvalue weighted by Gasteiger charge is 2.07. The topological polar surface area (TPSA) is 96.0 Å². The Balaban J connectivity index is 2.07. The molecule has 2 amide bonds. The Kier molecular flexibility index (Phi) is 4.32. The molecule has 21 heavy (non-hydrogen) atoms. The molecule has 2 aromatic rings. The number of hydrogen-bond acceptors (Lipinski definition) is 3. The zero-order chi connectivity index (χ0) is 15.2. The van der Waals surface area contributed by atoms with Crippen LogP contribution in [0.15, 0.2) is 48.5 Å². The third kappa shape index (κ3) is 3.67. The summed E-state index contributed by atoms with van der Waals surface area (Å²) >= 11 is 0. The Labute approximate surface area is 122 Å². The molecule has 0 aromatic heterocycles. The van der Waals surface area contributed by atoms with Crippen LogP contribution in [0.3, 0.4) is 0 Å². The van der Waals surface area contributed by atoms with Crippen molar-refractivity contribution in [1.82, 2.24) is 0 Å². The average Bonchev–Trinajstić information content (AvgIpc) is 2.49. The Morgan fingerprint density at radius 2 is 1.57 bits per heavy atom. The summed E-state index contributed by atoms with van der Waals surface area (Å²) in [5, 5.41) is 11.3. The van der Waals surface area contributed by atoms with Gasteiger partial charge in [-0.05, 0) is 42.0 Å². The van der Waals surface area contributed by atoms with Crippen molar-refractivity contribution in [2.75, 3.05) is 5.32 Å². The van der Waals surface area contributed by atoms with E-state index in [2.05, 4.69) is 11.4 Å². The van der Waals surface area contributed by atoms with Gasteiger partial charge in [-0.2, -0.15) is 5.26 Å². The first-order valence-electron chi connectivity index (χ1n) is 6.27. The number of carbonyl (C=O) groups is 2. The van der Waals surface area contributed by atoms with E-state index in [9.17, 15) is 9.59 Å². The van der Waals surface area contributed by atoms with Crippen LogP contribution in [0.25, 0.3) is 0 Å². The van der Waals surface area contributed by atoms with Gasteiger partial charge in [-0.3, -0.25) is 9.59 Å². The third-order valence-corrected chi connectivity index (χ3v) is 2.93. The fourth-order valence-electron chi connectivity index (χ4n) is 1.79. The van der Waals surface area contributed by atoms with Gasteiger partial charge in [-0.25, -0.2) is 0 Å². The van der Waals surface area contributed by atoms with E-state index in [4.69, 9.17) is 11.0 Å². The maximum absolute atomic E-state index is 12.0. The quantitative estimate of drug-likeness (QED) is 0.897. The van der Waals surface area contributed by atoms with Gasteiger partial charge < -0.3 is 11.1 Å². The van der Waals surface area contributed by atoms with Crippen LogP contribution >= 0.6 is 0 Å². The summed E-state index contributed by atoms with van der Waals surface area (Å²) in [5.74, 6) is -0.811. The molecule has 5 nitrogen and oxygen atoms in total. The van der Waals surface area contributed by atoms with Gasteiger partial charge in [0, 0.05) is 16.8 Å². The van der Waals surface area contributed by atoms with Gasteiger partial charge in [0.2, 0.25) is 5.91 Å². The fraction of sp³-hybridized carbons (Fsp3) is 0.0625. The van der Waals surface area contributed by atoms with Gasteiger partial charge in [0.1, 0.15) is 0 Å². The number of nitrogens with one attached hydrogen (secondary N) is 1. The second-order valence-electron chi connectivity index (χ2n) is 4.43. The van der Waals surface area contributed by atoms with Crippen molar-refractivity contribution in [3.05, 3.63) is 65.2 Å². The van der Waals surface area contributed by atoms with Gasteiger partial charge in [0.15, 0.2) is 0 Å². The van der Waals surface area contributed by atoms with Crippen LogP contribution in [0.1, 0.15) is 26.3 Å². The summed E-state index contributed by atoms with van der Waals surface area (Å²) in [4.78, 5) is 23.0. The Morgan fingerprint density at radius 3 is 2.10 bits per heavy atom. The fourth-order valence-corrected chi connectivity index (χ4v) is 1.79. The van der Waals surface area contributed by atoms with E-state index in [0.29, 0.717) is 23.2 Å². The van der Waals surface area contributed by atoms with Crippen LogP contribution in [-0.4, -0.2) is 11.8 Å². The highest BCUT2D eigenvalue weighted by atomic mass is 16.2. The molecular weight excluding hydrogens is 266 g/mol. The van der Waals surface area contributed by atoms with Crippen molar-refractivity contribution in [2.45, 2.75) is 6.42 Å². The van der Waals surface area contributed by atoms with E-state index >= 15 is 0 Å². The lowest BCUT2D eigenvalue weighted by Gasteiger charge is -2.06. The standard InChI is InChI=1S/C16H13N3O2/c17-10-9-11-1-7-14(8-2-11)19-16(21)13-5-3-12(4-6-13)15(18)20/h1-8H,9H2,(H2,18,20)(H,19,21). The molecule has 0 fully saturated rings. The van der Waals surface area contributed by atoms with Crippen LogP contribution in [-0.2, 0) is 6.42 Å². The van der Waals surface area contributed by atoms with Crippen molar-refractivity contribution < 1.29 is 9.59 Å². The minimum atomic E-state index is -0.532. The van der Waals surface area contributed by atoms with Crippen LogP contribution in [0, 0.1) is 11.3 Å². The summed E-state index contributed by atoms with van der Waals surface area (Å²) in [7, 11) is 0. The monoisotopic (exact) mass is 279 g/mol. The number of hydrogen-bond donors (Lipinski definition) is 2. The first-order chi connectivity index (χ1) is 10.1. The highest BCUT2D eigenvalue weighted by molar-refractivity contribution is 6.05. The maximum Gasteiger partial charge on any atom is 0.255 e. The van der Waals surface area contributed by atoms with Crippen molar-refractivity contribution in [2.24, 2.45) is 5.73 Å². The summed E-state index contributed by atoms with van der Waals surface area (Å²) in [6, 6.07) is 15.2. The molecule has 0 atom stereocenters. The molecule has 0 heterocycles. The number of rotatable bonds is 4. The number of benzene rings is 2. The number of nitrogens with zero attached hydrogens (tertiary/aromatic N) is 1. The van der Waals surface area contributed by atoms with Crippen LogP contribution in [0.4, 0.5) is 5.69 Å². The Hall–Kier alpha value is -3.13. The first kappa shape index (κ1) is 14.3. The molecule has 0 aliphatic heterocycles. The first-order valence-corrected chi connectivity index (χ1v) is 6.27. The number of nitriles is 1. The van der Waals surface area contributed by atoms with E-state index in [1.165, 1.54) is 12.1 Å². The lowest BCUT2D eigenvalue weighted by Crippen LogP contribution is -2.14. The van der Waals surface area contributed by atoms with Crippen molar-refractivity contribution >= 4 is 17.5 Å². The molecule has 5 heteroatoms. The number of primary amides is 1. The lowest BCUT2D eigenvalue weighted by atomic mass is 10.1. The smallest absolute Gasteiger partial charge is 0.255 e. The number of nitrogens with two attached hydrogens (primary N) is 1. The van der Waals surface area contributed by atoms with E-state index in [0.717, 1.165) is 5.56 Å². The molecule has 0 spiro atoms. The molecule has 0 radical (unpaired) electrons. The molecule has 2 aromatic carbocycles. The maximum atomic E-state index is 12.0. The van der Waals surface area contributed by atoms with Crippen LogP contribution in [0.5, 0.6) is 0 Å². The second kappa shape index (κ2) is 6.35. The van der Waals surface area contributed by atoms with Gasteiger partial charge in [-0.15, -0.1) is 0 Å². The minimum Gasteiger partial charge on any atom is -0.366 e. The SMILES string of the molecule is N#CCc1ccc(NC(=O)c2ccc(C(N)=O)cc2)cc1. The van der Waals surface area contributed by atoms with Gasteiger partial charge in [-0.1, -0.05) is 12.1 Å².